The van der Waals surface area contributed by atoms with Crippen LogP contribution < -0.4 is 0 Å². The third-order valence-corrected chi connectivity index (χ3v) is 5.49. The highest BCUT2D eigenvalue weighted by Gasteiger charge is 2.21. The lowest BCUT2D eigenvalue weighted by Crippen LogP contribution is -2.15. The number of aromatic nitrogens is 5. The molecule has 0 aliphatic rings. The Balaban J connectivity index is 1.69. The van der Waals surface area contributed by atoms with Crippen LogP contribution in [0.2, 0.25) is 0 Å². The van der Waals surface area contributed by atoms with Crippen molar-refractivity contribution in [3.63, 3.8) is 0 Å². The average Bonchev–Trinajstić information content (AvgIpc) is 3.34. The molecule has 0 radical (unpaired) electrons. The molecule has 0 spiro atoms. The normalized spacial score (nSPS) is 12.7. The number of fused-ring (bicyclic) bond motifs is 2. The topological polar surface area (TPSA) is 75.9 Å². The van der Waals surface area contributed by atoms with Crippen LogP contribution >= 0.6 is 0 Å². The smallest absolute Gasteiger partial charge is 0.184 e. The van der Waals surface area contributed by atoms with Crippen molar-refractivity contribution in [2.24, 2.45) is 5.92 Å². The Bertz CT molecular complexity index is 1210. The summed E-state index contributed by atoms with van der Waals surface area (Å²) in [6.07, 6.45) is 9.06. The number of nitrogens with zero attached hydrogens (tertiary/aromatic N) is 4. The molecule has 6 nitrogen and oxygen atoms in total. The number of hydrogen-bond acceptors (Lipinski definition) is 4. The van der Waals surface area contributed by atoms with Crippen molar-refractivity contribution in [1.29, 1.82) is 0 Å². The summed E-state index contributed by atoms with van der Waals surface area (Å²) in [5, 5.41) is 7.85. The van der Waals surface area contributed by atoms with E-state index in [1.54, 1.807) is 12.3 Å². The van der Waals surface area contributed by atoms with Gasteiger partial charge in [0.05, 0.1) is 17.4 Å². The monoisotopic (exact) mass is 411 g/mol. The molecule has 0 aromatic carbocycles. The number of pyridine rings is 2. The lowest BCUT2D eigenvalue weighted by atomic mass is 9.92. The van der Waals surface area contributed by atoms with Gasteiger partial charge in [-0.05, 0) is 18.9 Å². The second-order valence-electron chi connectivity index (χ2n) is 7.50. The fraction of sp³-hybridized carbons (Fsp3) is 0.364. The van der Waals surface area contributed by atoms with Crippen molar-refractivity contribution in [3.05, 3.63) is 48.1 Å². The van der Waals surface area contributed by atoms with Gasteiger partial charge in [0.1, 0.15) is 17.2 Å². The van der Waals surface area contributed by atoms with Gasteiger partial charge in [-0.25, -0.2) is 13.8 Å². The zero-order chi connectivity index (χ0) is 21.3. The molecule has 1 N–H and O–H groups in total. The maximum Gasteiger partial charge on any atom is 0.184 e. The maximum atomic E-state index is 14.0. The predicted molar refractivity (Wildman–Crippen MR) is 110 cm³/mol. The standard InChI is InChI=1S/C22H23F2N5O/c1-3-5-6-7-13(4-2)21(30)18-9-17-15(10-25-18)20(28-27-17)19-11-26-22-16(24)8-14(23)12-29(19)22/h8-13H,3-7H2,1-2H3,(H,27,28). The number of carbonyl (C=O) groups excluding carboxylic acids is 1. The molecule has 156 valence electrons. The van der Waals surface area contributed by atoms with Crippen molar-refractivity contribution in [2.45, 2.75) is 46.0 Å². The third kappa shape index (κ3) is 3.58. The SMILES string of the molecule is CCCCCC(CC)C(=O)c1cc2[nH]nc(-c3cnc4c(F)cc(F)cn34)c2cn1. The van der Waals surface area contributed by atoms with Crippen molar-refractivity contribution < 1.29 is 13.6 Å². The number of Topliss-reactive ketones (excluding diaryl/α,β-unsaturated/α-hetero) is 1. The summed E-state index contributed by atoms with van der Waals surface area (Å²) < 4.78 is 29.0. The van der Waals surface area contributed by atoms with Crippen LogP contribution in [0, 0.1) is 17.6 Å². The van der Waals surface area contributed by atoms with Crippen molar-refractivity contribution in [3.8, 4) is 11.4 Å². The molecule has 8 heteroatoms. The first-order chi connectivity index (χ1) is 14.5. The molecule has 0 bridgehead atoms. The molecule has 1 atom stereocenters. The van der Waals surface area contributed by atoms with Gasteiger partial charge < -0.3 is 0 Å². The number of nitrogens with one attached hydrogen (secondary N) is 1. The number of ketones is 1. The lowest BCUT2D eigenvalue weighted by molar-refractivity contribution is 0.0903. The van der Waals surface area contributed by atoms with Gasteiger partial charge in [0.2, 0.25) is 0 Å². The molecule has 0 aliphatic carbocycles. The van der Waals surface area contributed by atoms with Crippen LogP contribution in [0.5, 0.6) is 0 Å². The quantitative estimate of drug-likeness (QED) is 0.314. The number of unbranched alkanes of at least 4 members (excludes halogenated alkanes) is 2. The second-order valence-corrected chi connectivity index (χ2v) is 7.50. The number of halogens is 2. The van der Waals surface area contributed by atoms with E-state index in [0.29, 0.717) is 28.0 Å². The molecule has 4 aromatic heterocycles. The van der Waals surface area contributed by atoms with E-state index in [1.807, 2.05) is 6.92 Å². The zero-order valence-electron chi connectivity index (χ0n) is 17.0. The molecule has 4 rings (SSSR count). The van der Waals surface area contributed by atoms with Gasteiger partial charge in [0, 0.05) is 29.8 Å². The summed E-state index contributed by atoms with van der Waals surface area (Å²) in [6.45, 7) is 4.16. The predicted octanol–water partition coefficient (Wildman–Crippen LogP) is 5.34. The first-order valence-electron chi connectivity index (χ1n) is 10.2. The van der Waals surface area contributed by atoms with E-state index >= 15 is 0 Å². The molecule has 30 heavy (non-hydrogen) atoms. The van der Waals surface area contributed by atoms with Crippen LogP contribution in [0.25, 0.3) is 27.9 Å². The minimum atomic E-state index is -0.749. The highest BCUT2D eigenvalue weighted by Crippen LogP contribution is 2.28. The average molecular weight is 411 g/mol. The van der Waals surface area contributed by atoms with E-state index in [-0.39, 0.29) is 17.3 Å². The van der Waals surface area contributed by atoms with Gasteiger partial charge in [0.15, 0.2) is 17.2 Å². The second kappa shape index (κ2) is 8.30. The molecular formula is C22H23F2N5O. The van der Waals surface area contributed by atoms with E-state index in [4.69, 9.17) is 0 Å². The number of aromatic amines is 1. The molecule has 4 heterocycles. The lowest BCUT2D eigenvalue weighted by Gasteiger charge is -2.12. The number of rotatable bonds is 8. The summed E-state index contributed by atoms with van der Waals surface area (Å²) in [5.74, 6) is -1.47. The summed E-state index contributed by atoms with van der Waals surface area (Å²) in [4.78, 5) is 21.3. The van der Waals surface area contributed by atoms with Gasteiger partial charge in [-0.1, -0.05) is 33.1 Å². The largest absolute Gasteiger partial charge is 0.293 e. The van der Waals surface area contributed by atoms with E-state index in [1.165, 1.54) is 10.6 Å². The number of hydrogen-bond donors (Lipinski definition) is 1. The molecule has 0 aliphatic heterocycles. The first-order valence-corrected chi connectivity index (χ1v) is 10.2. The molecule has 1 unspecified atom stereocenters. The van der Waals surface area contributed by atoms with Crippen LogP contribution in [0.15, 0.2) is 30.7 Å². The van der Waals surface area contributed by atoms with Crippen LogP contribution in [-0.2, 0) is 0 Å². The van der Waals surface area contributed by atoms with Crippen LogP contribution in [0.1, 0.15) is 56.4 Å². The Morgan fingerprint density at radius 3 is 2.77 bits per heavy atom. The molecule has 0 saturated heterocycles. The molecule has 0 saturated carbocycles. The Kier molecular flexibility index (Phi) is 5.57. The van der Waals surface area contributed by atoms with Gasteiger partial charge in [-0.2, -0.15) is 5.10 Å². The van der Waals surface area contributed by atoms with Crippen LogP contribution in [0.4, 0.5) is 8.78 Å². The Hall–Kier alpha value is -3.16. The van der Waals surface area contributed by atoms with Gasteiger partial charge in [-0.15, -0.1) is 0 Å². The van der Waals surface area contributed by atoms with Gasteiger partial charge in [0.25, 0.3) is 0 Å². The summed E-state index contributed by atoms with van der Waals surface area (Å²) in [6, 6.07) is 2.49. The summed E-state index contributed by atoms with van der Waals surface area (Å²) in [5.41, 5.74) is 1.94. The Labute approximate surface area is 172 Å². The first kappa shape index (κ1) is 20.1. The van der Waals surface area contributed by atoms with Crippen molar-refractivity contribution in [1.82, 2.24) is 24.6 Å². The van der Waals surface area contributed by atoms with Crippen molar-refractivity contribution in [2.75, 3.05) is 0 Å². The molecule has 0 fully saturated rings. The number of H-pyrrole nitrogens is 1. The molecular weight excluding hydrogens is 388 g/mol. The third-order valence-electron chi connectivity index (χ3n) is 5.49. The van der Waals surface area contributed by atoms with Crippen LogP contribution in [0.3, 0.4) is 0 Å². The fourth-order valence-corrected chi connectivity index (χ4v) is 3.80. The number of carbonyl (C=O) groups is 1. The van der Waals surface area contributed by atoms with E-state index in [2.05, 4.69) is 27.1 Å². The maximum absolute atomic E-state index is 14.0. The van der Waals surface area contributed by atoms with E-state index in [9.17, 15) is 13.6 Å². The minimum absolute atomic E-state index is 0.0140. The summed E-state index contributed by atoms with van der Waals surface area (Å²) >= 11 is 0. The Morgan fingerprint density at radius 2 is 2.00 bits per heavy atom. The number of imidazole rings is 1. The highest BCUT2D eigenvalue weighted by atomic mass is 19.1. The zero-order valence-corrected chi connectivity index (χ0v) is 17.0. The highest BCUT2D eigenvalue weighted by molar-refractivity contribution is 6.00. The van der Waals surface area contributed by atoms with Gasteiger partial charge in [-0.3, -0.25) is 19.3 Å². The van der Waals surface area contributed by atoms with Gasteiger partial charge >= 0.3 is 0 Å². The van der Waals surface area contributed by atoms with E-state index < -0.39 is 11.6 Å². The Morgan fingerprint density at radius 1 is 1.17 bits per heavy atom. The van der Waals surface area contributed by atoms with Crippen molar-refractivity contribution >= 4 is 22.3 Å². The van der Waals surface area contributed by atoms with Crippen LogP contribution in [-0.4, -0.2) is 30.3 Å². The minimum Gasteiger partial charge on any atom is -0.293 e. The summed E-state index contributed by atoms with van der Waals surface area (Å²) in [7, 11) is 0. The van der Waals surface area contributed by atoms with E-state index in [0.717, 1.165) is 44.4 Å². The molecule has 4 aromatic rings. The fourth-order valence-electron chi connectivity index (χ4n) is 3.80. The molecule has 0 amide bonds.